The normalized spacial score (nSPS) is 13.1. The van der Waals surface area contributed by atoms with Gasteiger partial charge in [0.15, 0.2) is 11.5 Å². The van der Waals surface area contributed by atoms with Crippen LogP contribution >= 0.6 is 15.9 Å². The van der Waals surface area contributed by atoms with Crippen molar-refractivity contribution in [2.75, 3.05) is 25.2 Å². The van der Waals surface area contributed by atoms with Gasteiger partial charge in [-0.3, -0.25) is 0 Å². The molecule has 0 spiro atoms. The van der Waals surface area contributed by atoms with Crippen molar-refractivity contribution in [1.29, 1.82) is 0 Å². The van der Waals surface area contributed by atoms with Gasteiger partial charge in [0.05, 0.1) is 0 Å². The van der Waals surface area contributed by atoms with Crippen molar-refractivity contribution in [3.63, 3.8) is 0 Å². The van der Waals surface area contributed by atoms with Gasteiger partial charge in [0, 0.05) is 23.8 Å². The number of ether oxygens (including phenoxy) is 2. The fraction of sp³-hybridized carbons (Fsp3) is 0.250. The number of benzene rings is 2. The molecule has 20 heavy (non-hydrogen) atoms. The smallest absolute Gasteiger partial charge is 0.162 e. The third-order valence-electron chi connectivity index (χ3n) is 3.32. The number of para-hydroxylation sites is 1. The van der Waals surface area contributed by atoms with Gasteiger partial charge < -0.3 is 14.4 Å². The second-order valence-corrected chi connectivity index (χ2v) is 5.63. The number of rotatable bonds is 3. The molecule has 3 nitrogen and oxygen atoms in total. The Bertz CT molecular complexity index is 601. The van der Waals surface area contributed by atoms with Crippen LogP contribution in [0.3, 0.4) is 0 Å². The van der Waals surface area contributed by atoms with E-state index in [1.807, 2.05) is 24.3 Å². The Balaban J connectivity index is 1.84. The van der Waals surface area contributed by atoms with Crippen LogP contribution in [0.5, 0.6) is 11.5 Å². The number of fused-ring (bicyclic) bond motifs is 1. The molecule has 0 atom stereocenters. The van der Waals surface area contributed by atoms with Crippen LogP contribution in [0.4, 0.5) is 5.69 Å². The van der Waals surface area contributed by atoms with Crippen LogP contribution in [0.15, 0.2) is 46.9 Å². The maximum Gasteiger partial charge on any atom is 0.162 e. The van der Waals surface area contributed by atoms with Gasteiger partial charge in [0.2, 0.25) is 0 Å². The van der Waals surface area contributed by atoms with Crippen molar-refractivity contribution < 1.29 is 9.47 Å². The Hall–Kier alpha value is -1.68. The van der Waals surface area contributed by atoms with E-state index in [0.29, 0.717) is 13.2 Å². The summed E-state index contributed by atoms with van der Waals surface area (Å²) in [4.78, 5) is 2.20. The lowest BCUT2D eigenvalue weighted by Gasteiger charge is -2.23. The van der Waals surface area contributed by atoms with Gasteiger partial charge in [-0.2, -0.15) is 0 Å². The maximum atomic E-state index is 5.64. The fourth-order valence-electron chi connectivity index (χ4n) is 2.26. The van der Waals surface area contributed by atoms with Gasteiger partial charge >= 0.3 is 0 Å². The molecule has 2 aromatic rings. The highest BCUT2D eigenvalue weighted by atomic mass is 79.9. The van der Waals surface area contributed by atoms with E-state index < -0.39 is 0 Å². The molecular formula is C16H16BrNO2. The summed E-state index contributed by atoms with van der Waals surface area (Å²) in [6, 6.07) is 14.4. The molecule has 0 aromatic heterocycles. The summed E-state index contributed by atoms with van der Waals surface area (Å²) < 4.78 is 12.3. The number of hydrogen-bond acceptors (Lipinski definition) is 3. The first-order chi connectivity index (χ1) is 9.74. The second-order valence-electron chi connectivity index (χ2n) is 4.78. The molecule has 1 aliphatic rings. The molecule has 1 heterocycles. The van der Waals surface area contributed by atoms with Gasteiger partial charge in [-0.15, -0.1) is 0 Å². The third kappa shape index (κ3) is 2.75. The first kappa shape index (κ1) is 13.3. The molecule has 4 heteroatoms. The largest absolute Gasteiger partial charge is 0.486 e. The minimum atomic E-state index is 0.614. The quantitative estimate of drug-likeness (QED) is 0.851. The third-order valence-corrected chi connectivity index (χ3v) is 4.05. The molecule has 104 valence electrons. The molecule has 3 rings (SSSR count). The van der Waals surface area contributed by atoms with Gasteiger partial charge in [0.1, 0.15) is 13.2 Å². The van der Waals surface area contributed by atoms with E-state index in [2.05, 4.69) is 46.1 Å². The van der Waals surface area contributed by atoms with E-state index in [9.17, 15) is 0 Å². The minimum Gasteiger partial charge on any atom is -0.486 e. The number of hydrogen-bond donors (Lipinski definition) is 0. The standard InChI is InChI=1S/C16H16BrNO2/c1-18(13-5-3-2-4-6-13)11-12-9-15-16(10-14(12)17)20-8-7-19-15/h2-6,9-10H,7-8,11H2,1H3. The van der Waals surface area contributed by atoms with Crippen LogP contribution in [0.2, 0.25) is 0 Å². The number of halogens is 1. The zero-order valence-electron chi connectivity index (χ0n) is 11.3. The molecule has 0 unspecified atom stereocenters. The maximum absolute atomic E-state index is 5.64. The summed E-state index contributed by atoms with van der Waals surface area (Å²) in [6.45, 7) is 2.03. The molecule has 1 aliphatic heterocycles. The number of nitrogens with zero attached hydrogens (tertiary/aromatic N) is 1. The zero-order chi connectivity index (χ0) is 13.9. The molecule has 0 saturated carbocycles. The summed E-state index contributed by atoms with van der Waals surface area (Å²) >= 11 is 3.61. The molecule has 0 radical (unpaired) electrons. The molecule has 0 aliphatic carbocycles. The van der Waals surface area contributed by atoms with E-state index in [1.54, 1.807) is 0 Å². The predicted octanol–water partition coefficient (Wildman–Crippen LogP) is 3.86. The average molecular weight is 334 g/mol. The first-order valence-electron chi connectivity index (χ1n) is 6.58. The SMILES string of the molecule is CN(Cc1cc2c(cc1Br)OCCO2)c1ccccc1. The monoisotopic (exact) mass is 333 g/mol. The van der Waals surface area contributed by atoms with Crippen LogP contribution in [0, 0.1) is 0 Å². The summed E-state index contributed by atoms with van der Waals surface area (Å²) in [6.07, 6.45) is 0. The molecule has 0 fully saturated rings. The molecular weight excluding hydrogens is 318 g/mol. The Labute approximate surface area is 127 Å². The molecule has 0 bridgehead atoms. The fourth-order valence-corrected chi connectivity index (χ4v) is 2.70. The van der Waals surface area contributed by atoms with Crippen molar-refractivity contribution in [2.24, 2.45) is 0 Å². The van der Waals surface area contributed by atoms with Gasteiger partial charge in [-0.05, 0) is 29.8 Å². The van der Waals surface area contributed by atoms with Crippen LogP contribution in [0.1, 0.15) is 5.56 Å². The van der Waals surface area contributed by atoms with Gasteiger partial charge in [0.25, 0.3) is 0 Å². The molecule has 0 N–H and O–H groups in total. The number of anilines is 1. The van der Waals surface area contributed by atoms with Crippen LogP contribution in [0.25, 0.3) is 0 Å². The Kier molecular flexibility index (Phi) is 3.83. The van der Waals surface area contributed by atoms with Crippen molar-refractivity contribution in [3.05, 3.63) is 52.5 Å². The predicted molar refractivity (Wildman–Crippen MR) is 83.7 cm³/mol. The van der Waals surface area contributed by atoms with Crippen LogP contribution < -0.4 is 14.4 Å². The Morgan fingerprint density at radius 2 is 1.70 bits per heavy atom. The topological polar surface area (TPSA) is 21.7 Å². The minimum absolute atomic E-state index is 0.614. The van der Waals surface area contributed by atoms with Crippen molar-refractivity contribution in [3.8, 4) is 11.5 Å². The summed E-state index contributed by atoms with van der Waals surface area (Å²) in [7, 11) is 2.08. The average Bonchev–Trinajstić information content (AvgIpc) is 2.49. The van der Waals surface area contributed by atoms with E-state index in [1.165, 1.54) is 11.3 Å². The zero-order valence-corrected chi connectivity index (χ0v) is 12.9. The Morgan fingerprint density at radius 1 is 1.05 bits per heavy atom. The lowest BCUT2D eigenvalue weighted by molar-refractivity contribution is 0.171. The van der Waals surface area contributed by atoms with E-state index in [4.69, 9.17) is 9.47 Å². The molecule has 0 amide bonds. The first-order valence-corrected chi connectivity index (χ1v) is 7.37. The molecule has 0 saturated heterocycles. The second kappa shape index (κ2) is 5.75. The van der Waals surface area contributed by atoms with E-state index >= 15 is 0 Å². The lowest BCUT2D eigenvalue weighted by Crippen LogP contribution is -2.18. The summed E-state index contributed by atoms with van der Waals surface area (Å²) in [5.41, 5.74) is 2.37. The van der Waals surface area contributed by atoms with Crippen molar-refractivity contribution >= 4 is 21.6 Å². The Morgan fingerprint density at radius 3 is 2.40 bits per heavy atom. The highest BCUT2D eigenvalue weighted by molar-refractivity contribution is 9.10. The molecule has 2 aromatic carbocycles. The van der Waals surface area contributed by atoms with E-state index in [-0.39, 0.29) is 0 Å². The van der Waals surface area contributed by atoms with Gasteiger partial charge in [-0.25, -0.2) is 0 Å². The van der Waals surface area contributed by atoms with Crippen LogP contribution in [-0.2, 0) is 6.54 Å². The van der Waals surface area contributed by atoms with Gasteiger partial charge in [-0.1, -0.05) is 34.1 Å². The highest BCUT2D eigenvalue weighted by Crippen LogP contribution is 2.36. The van der Waals surface area contributed by atoms with Crippen molar-refractivity contribution in [1.82, 2.24) is 0 Å². The van der Waals surface area contributed by atoms with Crippen LogP contribution in [-0.4, -0.2) is 20.3 Å². The highest BCUT2D eigenvalue weighted by Gasteiger charge is 2.15. The summed E-state index contributed by atoms with van der Waals surface area (Å²) in [5.74, 6) is 1.64. The lowest BCUT2D eigenvalue weighted by atomic mass is 10.1. The summed E-state index contributed by atoms with van der Waals surface area (Å²) in [5, 5.41) is 0. The van der Waals surface area contributed by atoms with E-state index in [0.717, 1.165) is 22.5 Å². The van der Waals surface area contributed by atoms with Crippen molar-refractivity contribution in [2.45, 2.75) is 6.54 Å².